The van der Waals surface area contributed by atoms with E-state index in [4.69, 9.17) is 33.2 Å². The van der Waals surface area contributed by atoms with Crippen molar-refractivity contribution >= 4 is 5.97 Å². The number of esters is 1. The molecule has 0 radical (unpaired) electrons. The summed E-state index contributed by atoms with van der Waals surface area (Å²) in [4.78, 5) is 14.4. The molecule has 6 N–H and O–H groups in total. The molecular formula is C40H63NO14. The fourth-order valence-corrected chi connectivity index (χ4v) is 12.2. The van der Waals surface area contributed by atoms with Gasteiger partial charge in [-0.2, -0.15) is 0 Å². The van der Waals surface area contributed by atoms with Gasteiger partial charge in [-0.15, -0.1) is 0 Å². The van der Waals surface area contributed by atoms with Crippen molar-refractivity contribution in [3.8, 4) is 0 Å². The van der Waals surface area contributed by atoms with Crippen molar-refractivity contribution in [2.45, 2.75) is 190 Å². The summed E-state index contributed by atoms with van der Waals surface area (Å²) in [6.07, 6.45) is -3.83. The van der Waals surface area contributed by atoms with E-state index in [1.807, 2.05) is 13.8 Å². The lowest BCUT2D eigenvalue weighted by Gasteiger charge is -2.65. The van der Waals surface area contributed by atoms with Crippen LogP contribution in [0.1, 0.15) is 92.4 Å². The average Bonchev–Trinajstić information content (AvgIpc) is 3.67. The summed E-state index contributed by atoms with van der Waals surface area (Å²) in [6, 6.07) is 0. The van der Waals surface area contributed by atoms with Crippen LogP contribution < -0.4 is 0 Å². The zero-order valence-electron chi connectivity index (χ0n) is 32.8. The van der Waals surface area contributed by atoms with Gasteiger partial charge in [0.1, 0.15) is 24.9 Å². The number of piperidine rings is 2. The van der Waals surface area contributed by atoms with Crippen LogP contribution in [0.3, 0.4) is 0 Å². The Morgan fingerprint density at radius 3 is 1.93 bits per heavy atom. The first-order valence-electron chi connectivity index (χ1n) is 20.7. The van der Waals surface area contributed by atoms with Gasteiger partial charge < -0.3 is 63.8 Å². The number of carbonyl (C=O) groups is 1. The summed E-state index contributed by atoms with van der Waals surface area (Å²) in [6.45, 7) is 11.3. The molecule has 8 aliphatic rings. The van der Waals surface area contributed by atoms with Crippen molar-refractivity contribution < 1.29 is 68.6 Å². The highest BCUT2D eigenvalue weighted by atomic mass is 16.7. The van der Waals surface area contributed by atoms with Crippen molar-refractivity contribution in [1.82, 2.24) is 4.90 Å². The van der Waals surface area contributed by atoms with Crippen LogP contribution in [0.15, 0.2) is 11.6 Å². The zero-order chi connectivity index (χ0) is 39.2. The lowest BCUT2D eigenvalue weighted by molar-refractivity contribution is -0.336. The Labute approximate surface area is 323 Å². The Hall–Kier alpha value is -1.31. The molecule has 312 valence electrons. The lowest BCUT2D eigenvalue weighted by atomic mass is 9.48. The van der Waals surface area contributed by atoms with Gasteiger partial charge in [0.15, 0.2) is 18.9 Å². The maximum Gasteiger partial charge on any atom is 0.331 e. The summed E-state index contributed by atoms with van der Waals surface area (Å²) >= 11 is 0. The number of hydrogen-bond donors (Lipinski definition) is 6. The van der Waals surface area contributed by atoms with Crippen LogP contribution in [-0.2, 0) is 38.0 Å². The van der Waals surface area contributed by atoms with Gasteiger partial charge in [0.25, 0.3) is 0 Å². The van der Waals surface area contributed by atoms with Crippen LogP contribution in [0.25, 0.3) is 0 Å². The fourth-order valence-electron chi connectivity index (χ4n) is 12.2. The highest BCUT2D eigenvalue weighted by molar-refractivity contribution is 5.85. The number of hydrogen-bond acceptors (Lipinski definition) is 15. The molecule has 8 rings (SSSR count). The van der Waals surface area contributed by atoms with Crippen molar-refractivity contribution in [1.29, 1.82) is 0 Å². The molecule has 6 aliphatic heterocycles. The van der Waals surface area contributed by atoms with E-state index in [1.54, 1.807) is 19.9 Å². The molecule has 0 bridgehead atoms. The summed E-state index contributed by atoms with van der Waals surface area (Å²) in [5.74, 6) is -0.297. The second kappa shape index (κ2) is 15.1. The van der Waals surface area contributed by atoms with Gasteiger partial charge >= 0.3 is 5.97 Å². The maximum atomic E-state index is 12.5. The zero-order valence-corrected chi connectivity index (χ0v) is 32.8. The monoisotopic (exact) mass is 781 g/mol. The molecule has 0 aromatic heterocycles. The first-order chi connectivity index (χ1) is 26.0. The first kappa shape index (κ1) is 40.5. The van der Waals surface area contributed by atoms with Gasteiger partial charge in [0.05, 0.1) is 54.4 Å². The summed E-state index contributed by atoms with van der Waals surface area (Å²) in [5, 5.41) is 66.8. The van der Waals surface area contributed by atoms with E-state index in [1.165, 1.54) is 0 Å². The average molecular weight is 782 g/mol. The predicted octanol–water partition coefficient (Wildman–Crippen LogP) is 0.876. The molecule has 5 saturated heterocycles. The molecule has 15 nitrogen and oxygen atoms in total. The van der Waals surface area contributed by atoms with Crippen molar-refractivity contribution in [2.75, 3.05) is 19.7 Å². The Kier molecular flexibility index (Phi) is 11.1. The first-order valence-corrected chi connectivity index (χ1v) is 20.7. The van der Waals surface area contributed by atoms with Crippen LogP contribution in [0.2, 0.25) is 0 Å². The number of cyclic esters (lactones) is 1. The smallest absolute Gasteiger partial charge is 0.331 e. The van der Waals surface area contributed by atoms with E-state index >= 15 is 0 Å². The highest BCUT2D eigenvalue weighted by Crippen LogP contribution is 2.67. The van der Waals surface area contributed by atoms with Gasteiger partial charge in [0.2, 0.25) is 0 Å². The Bertz CT molecular complexity index is 1420. The van der Waals surface area contributed by atoms with Crippen molar-refractivity contribution in [3.05, 3.63) is 11.6 Å². The number of aliphatic hydroxyl groups is 6. The number of nitrogens with zero attached hydrogens (tertiary/aromatic N) is 1. The second-order valence-electron chi connectivity index (χ2n) is 18.4. The maximum absolute atomic E-state index is 12.5. The second-order valence-corrected chi connectivity index (χ2v) is 18.4. The van der Waals surface area contributed by atoms with Crippen LogP contribution in [0.5, 0.6) is 0 Å². The number of ether oxygens (including phenoxy) is 7. The SMILES string of the molecule is C[C@H]1O[C@@H](O[C@H]2[C@@H](O)C[C@H](O[C@H]3[C@@H](O)C[C@H](O[C@H]4CC[C@]5(C)[C@H]6C[C@@H](O)[C@]7(C)[C@@H](C8=CC(=O)OC8)CC[C@]7(O)[C@@H]6CCN5C4)O[C@@H]3C)O[C@@H]2C)C[C@H](O)C1O. The van der Waals surface area contributed by atoms with Crippen molar-refractivity contribution in [2.24, 2.45) is 23.2 Å². The molecular weight excluding hydrogens is 718 g/mol. The van der Waals surface area contributed by atoms with E-state index in [2.05, 4.69) is 11.8 Å². The quantitative estimate of drug-likeness (QED) is 0.198. The number of fused-ring (bicyclic) bond motifs is 5. The van der Waals surface area contributed by atoms with Crippen LogP contribution >= 0.6 is 0 Å². The topological polar surface area (TPSA) is 206 Å². The molecule has 15 heteroatoms. The predicted molar refractivity (Wildman–Crippen MR) is 192 cm³/mol. The molecule has 55 heavy (non-hydrogen) atoms. The van der Waals surface area contributed by atoms with Gasteiger partial charge in [-0.05, 0) is 96.1 Å². The van der Waals surface area contributed by atoms with Gasteiger partial charge in [-0.3, -0.25) is 4.90 Å². The molecule has 7 fully saturated rings. The Morgan fingerprint density at radius 1 is 0.745 bits per heavy atom. The van der Waals surface area contributed by atoms with E-state index < -0.39 is 90.9 Å². The third-order valence-corrected chi connectivity index (χ3v) is 15.4. The minimum Gasteiger partial charge on any atom is -0.458 e. The number of rotatable bonds is 7. The highest BCUT2D eigenvalue weighted by Gasteiger charge is 2.71. The normalized spacial score (nSPS) is 54.6. The minimum atomic E-state index is -1.04. The van der Waals surface area contributed by atoms with Crippen LogP contribution in [0.4, 0.5) is 0 Å². The third-order valence-electron chi connectivity index (χ3n) is 15.4. The molecule has 2 saturated carbocycles. The van der Waals surface area contributed by atoms with E-state index in [0.29, 0.717) is 19.4 Å². The third kappa shape index (κ3) is 6.94. The van der Waals surface area contributed by atoms with Gasteiger partial charge in [-0.1, -0.05) is 6.92 Å². The largest absolute Gasteiger partial charge is 0.458 e. The molecule has 0 amide bonds. The van der Waals surface area contributed by atoms with Gasteiger partial charge in [0, 0.05) is 42.8 Å². The summed E-state index contributed by atoms with van der Waals surface area (Å²) < 4.78 is 42.0. The summed E-state index contributed by atoms with van der Waals surface area (Å²) in [7, 11) is 0. The van der Waals surface area contributed by atoms with E-state index in [9.17, 15) is 35.4 Å². The Morgan fingerprint density at radius 2 is 1.35 bits per heavy atom. The molecule has 0 spiro atoms. The standard InChI is InChI=1S/C40H63NO14/c1-19-35(47)27(42)14-33(50-19)54-37-21(3)52-34(16-29(37)44)55-36-20(2)51-32(15-28(36)43)53-23-6-9-38(4)26-13-30(45)39(5)24(22-12-31(46)49-18-22)7-10-40(39,48)25(26)8-11-41(38)17-23/h12,19-21,23-30,32-37,42-45,47-48H,6-11,13-18H2,1-5H3/t19-,20-,21-,23+,24-,25-,26+,27+,28+,29+,30-,32+,33+,34+,35?,36-,37-,38-,39+,40+/m1/s1. The number of carbonyl (C=O) groups excluding carboxylic acids is 1. The summed E-state index contributed by atoms with van der Waals surface area (Å²) in [5.41, 5.74) is -1.11. The molecule has 6 heterocycles. The number of aliphatic hydroxyl groups excluding tert-OH is 5. The molecule has 2 aliphatic carbocycles. The minimum absolute atomic E-state index is 0.0345. The molecule has 0 aromatic carbocycles. The molecule has 0 aromatic rings. The molecule has 20 atom stereocenters. The van der Waals surface area contributed by atoms with Crippen LogP contribution in [0, 0.1) is 23.2 Å². The van der Waals surface area contributed by atoms with E-state index in [-0.39, 0.29) is 61.2 Å². The fraction of sp³-hybridized carbons (Fsp3) is 0.925. The van der Waals surface area contributed by atoms with Crippen molar-refractivity contribution in [3.63, 3.8) is 0 Å². The van der Waals surface area contributed by atoms with Gasteiger partial charge in [-0.25, -0.2) is 4.79 Å². The van der Waals surface area contributed by atoms with Crippen LogP contribution in [-0.4, -0.2) is 158 Å². The molecule has 1 unspecified atom stereocenters. The Balaban J connectivity index is 0.837. The van der Waals surface area contributed by atoms with E-state index in [0.717, 1.165) is 37.8 Å². The lowest BCUT2D eigenvalue weighted by Crippen LogP contribution is -2.72.